The highest BCUT2D eigenvalue weighted by atomic mass is 16.2. The van der Waals surface area contributed by atoms with E-state index >= 15 is 0 Å². The summed E-state index contributed by atoms with van der Waals surface area (Å²) in [6, 6.07) is 17.4. The maximum absolute atomic E-state index is 11.8. The molecule has 4 N–H and O–H groups in total. The van der Waals surface area contributed by atoms with E-state index in [4.69, 9.17) is 5.73 Å². The lowest BCUT2D eigenvalue weighted by atomic mass is 10.1. The molecule has 2 amide bonds. The monoisotopic (exact) mass is 325 g/mol. The Kier molecular flexibility index (Phi) is 6.83. The average Bonchev–Trinajstić information content (AvgIpc) is 2.60. The Morgan fingerprint density at radius 1 is 0.833 bits per heavy atom. The number of para-hydroxylation sites is 1. The lowest BCUT2D eigenvalue weighted by Crippen LogP contribution is -2.37. The Morgan fingerprint density at radius 3 is 2.29 bits per heavy atom. The first-order valence-corrected chi connectivity index (χ1v) is 8.06. The minimum atomic E-state index is -0.182. The van der Waals surface area contributed by atoms with Crippen LogP contribution in [0.5, 0.6) is 0 Å². The van der Waals surface area contributed by atoms with E-state index in [2.05, 4.69) is 10.6 Å². The first-order valence-electron chi connectivity index (χ1n) is 8.06. The number of aryl methyl sites for hydroxylation is 1. The van der Waals surface area contributed by atoms with E-state index < -0.39 is 0 Å². The molecule has 0 heterocycles. The SMILES string of the molecule is Nc1ccccc1CCC(=O)NCC(=O)NCCc1ccccc1. The summed E-state index contributed by atoms with van der Waals surface area (Å²) in [5.74, 6) is -0.338. The molecule has 0 saturated carbocycles. The highest BCUT2D eigenvalue weighted by Gasteiger charge is 2.07. The Morgan fingerprint density at radius 2 is 1.54 bits per heavy atom. The molecular formula is C19H23N3O2. The zero-order chi connectivity index (χ0) is 17.2. The molecule has 0 bridgehead atoms. The first kappa shape index (κ1) is 17.5. The van der Waals surface area contributed by atoms with Gasteiger partial charge in [-0.3, -0.25) is 9.59 Å². The third kappa shape index (κ3) is 6.12. The van der Waals surface area contributed by atoms with Crippen molar-refractivity contribution in [2.24, 2.45) is 0 Å². The molecule has 24 heavy (non-hydrogen) atoms. The van der Waals surface area contributed by atoms with Crippen LogP contribution >= 0.6 is 0 Å². The molecule has 0 saturated heterocycles. The summed E-state index contributed by atoms with van der Waals surface area (Å²) >= 11 is 0. The third-order valence-electron chi connectivity index (χ3n) is 3.70. The molecule has 0 aliphatic rings. The van der Waals surface area contributed by atoms with Crippen LogP contribution in [0.2, 0.25) is 0 Å². The summed E-state index contributed by atoms with van der Waals surface area (Å²) in [6.07, 6.45) is 1.65. The quantitative estimate of drug-likeness (QED) is 0.646. The van der Waals surface area contributed by atoms with Crippen molar-refractivity contribution in [1.29, 1.82) is 0 Å². The molecule has 126 valence electrons. The summed E-state index contributed by atoms with van der Waals surface area (Å²) in [5, 5.41) is 5.42. The molecule has 0 spiro atoms. The Bertz CT molecular complexity index is 671. The smallest absolute Gasteiger partial charge is 0.239 e. The molecular weight excluding hydrogens is 302 g/mol. The van der Waals surface area contributed by atoms with E-state index in [0.717, 1.165) is 12.0 Å². The summed E-state index contributed by atoms with van der Waals surface area (Å²) in [5.41, 5.74) is 8.63. The predicted molar refractivity (Wildman–Crippen MR) is 95.3 cm³/mol. The number of hydrogen-bond donors (Lipinski definition) is 3. The largest absolute Gasteiger partial charge is 0.399 e. The third-order valence-corrected chi connectivity index (χ3v) is 3.70. The van der Waals surface area contributed by atoms with E-state index in [1.54, 1.807) is 0 Å². The molecule has 2 rings (SSSR count). The molecule has 0 fully saturated rings. The molecule has 0 radical (unpaired) electrons. The number of carbonyl (C=O) groups excluding carboxylic acids is 2. The van der Waals surface area contributed by atoms with Gasteiger partial charge in [0, 0.05) is 18.7 Å². The number of rotatable bonds is 8. The molecule has 2 aromatic carbocycles. The van der Waals surface area contributed by atoms with Crippen LogP contribution in [0.15, 0.2) is 54.6 Å². The number of nitrogen functional groups attached to an aromatic ring is 1. The van der Waals surface area contributed by atoms with Crippen LogP contribution in [0.3, 0.4) is 0 Å². The van der Waals surface area contributed by atoms with Gasteiger partial charge in [0.1, 0.15) is 0 Å². The number of benzene rings is 2. The van der Waals surface area contributed by atoms with Gasteiger partial charge in [0.05, 0.1) is 6.54 Å². The standard InChI is InChI=1S/C19H23N3O2/c20-17-9-5-4-8-16(17)10-11-18(23)22-14-19(24)21-13-12-15-6-2-1-3-7-15/h1-9H,10-14,20H2,(H,21,24)(H,22,23). The highest BCUT2D eigenvalue weighted by molar-refractivity contribution is 5.84. The van der Waals surface area contributed by atoms with Gasteiger partial charge in [-0.05, 0) is 30.0 Å². The van der Waals surface area contributed by atoms with E-state index in [1.807, 2.05) is 54.6 Å². The molecule has 0 aliphatic heterocycles. The molecule has 5 heteroatoms. The van der Waals surface area contributed by atoms with Gasteiger partial charge in [0.25, 0.3) is 0 Å². The Hall–Kier alpha value is -2.82. The van der Waals surface area contributed by atoms with Gasteiger partial charge in [0.2, 0.25) is 11.8 Å². The van der Waals surface area contributed by atoms with Gasteiger partial charge >= 0.3 is 0 Å². The number of anilines is 1. The molecule has 0 aromatic heterocycles. The van der Waals surface area contributed by atoms with Gasteiger partial charge in [-0.2, -0.15) is 0 Å². The van der Waals surface area contributed by atoms with E-state index in [9.17, 15) is 9.59 Å². The lowest BCUT2D eigenvalue weighted by molar-refractivity contribution is -0.126. The minimum absolute atomic E-state index is 0.00209. The van der Waals surface area contributed by atoms with Crippen molar-refractivity contribution >= 4 is 17.5 Å². The van der Waals surface area contributed by atoms with Gasteiger partial charge in [-0.25, -0.2) is 0 Å². The minimum Gasteiger partial charge on any atom is -0.399 e. The van der Waals surface area contributed by atoms with Crippen LogP contribution in [0, 0.1) is 0 Å². The Balaban J connectivity index is 1.61. The van der Waals surface area contributed by atoms with E-state index in [-0.39, 0.29) is 18.4 Å². The molecule has 0 atom stereocenters. The van der Waals surface area contributed by atoms with Crippen LogP contribution in [-0.2, 0) is 22.4 Å². The summed E-state index contributed by atoms with van der Waals surface area (Å²) < 4.78 is 0. The van der Waals surface area contributed by atoms with Gasteiger partial charge < -0.3 is 16.4 Å². The number of nitrogens with two attached hydrogens (primary N) is 1. The van der Waals surface area contributed by atoms with Crippen molar-refractivity contribution in [3.05, 3.63) is 65.7 Å². The zero-order valence-corrected chi connectivity index (χ0v) is 13.6. The maximum atomic E-state index is 11.8. The number of carbonyl (C=O) groups is 2. The average molecular weight is 325 g/mol. The maximum Gasteiger partial charge on any atom is 0.239 e. The van der Waals surface area contributed by atoms with Crippen LogP contribution < -0.4 is 16.4 Å². The zero-order valence-electron chi connectivity index (χ0n) is 13.6. The van der Waals surface area contributed by atoms with Crippen molar-refractivity contribution < 1.29 is 9.59 Å². The highest BCUT2D eigenvalue weighted by Crippen LogP contribution is 2.12. The first-order chi connectivity index (χ1) is 11.6. The lowest BCUT2D eigenvalue weighted by Gasteiger charge is -2.08. The second-order valence-corrected chi connectivity index (χ2v) is 5.56. The summed E-state index contributed by atoms with van der Waals surface area (Å²) in [6.45, 7) is 0.553. The second-order valence-electron chi connectivity index (χ2n) is 5.56. The molecule has 0 unspecified atom stereocenters. The number of hydrogen-bond acceptors (Lipinski definition) is 3. The van der Waals surface area contributed by atoms with Crippen LogP contribution in [-0.4, -0.2) is 24.9 Å². The number of amides is 2. The van der Waals surface area contributed by atoms with Crippen LogP contribution in [0.25, 0.3) is 0 Å². The summed E-state index contributed by atoms with van der Waals surface area (Å²) in [7, 11) is 0. The van der Waals surface area contributed by atoms with Crippen molar-refractivity contribution in [1.82, 2.24) is 10.6 Å². The fourth-order valence-corrected chi connectivity index (χ4v) is 2.33. The van der Waals surface area contributed by atoms with Crippen molar-refractivity contribution in [2.45, 2.75) is 19.3 Å². The van der Waals surface area contributed by atoms with Gasteiger partial charge in [-0.15, -0.1) is 0 Å². The fraction of sp³-hybridized carbons (Fsp3) is 0.263. The molecule has 2 aromatic rings. The van der Waals surface area contributed by atoms with Gasteiger partial charge in [-0.1, -0.05) is 48.5 Å². The van der Waals surface area contributed by atoms with Gasteiger partial charge in [0.15, 0.2) is 0 Å². The Labute approximate surface area is 142 Å². The number of nitrogens with one attached hydrogen (secondary N) is 2. The van der Waals surface area contributed by atoms with Crippen LogP contribution in [0.1, 0.15) is 17.5 Å². The van der Waals surface area contributed by atoms with Crippen molar-refractivity contribution in [2.75, 3.05) is 18.8 Å². The normalized spacial score (nSPS) is 10.2. The predicted octanol–water partition coefficient (Wildman–Crippen LogP) is 1.68. The molecule has 5 nitrogen and oxygen atoms in total. The van der Waals surface area contributed by atoms with E-state index in [0.29, 0.717) is 25.1 Å². The fourth-order valence-electron chi connectivity index (χ4n) is 2.33. The van der Waals surface area contributed by atoms with Crippen molar-refractivity contribution in [3.63, 3.8) is 0 Å². The second kappa shape index (κ2) is 9.35. The molecule has 0 aliphatic carbocycles. The van der Waals surface area contributed by atoms with Crippen molar-refractivity contribution in [3.8, 4) is 0 Å². The summed E-state index contributed by atoms with van der Waals surface area (Å²) in [4.78, 5) is 23.5. The topological polar surface area (TPSA) is 84.2 Å². The van der Waals surface area contributed by atoms with Crippen LogP contribution in [0.4, 0.5) is 5.69 Å². The van der Waals surface area contributed by atoms with E-state index in [1.165, 1.54) is 5.56 Å².